The van der Waals surface area contributed by atoms with Gasteiger partial charge in [-0.05, 0) is 25.1 Å². The molecule has 0 atom stereocenters. The van der Waals surface area contributed by atoms with Crippen molar-refractivity contribution in [3.05, 3.63) is 29.3 Å². The minimum absolute atomic E-state index is 0.0103. The van der Waals surface area contributed by atoms with Crippen LogP contribution in [-0.4, -0.2) is 30.3 Å². The normalized spacial score (nSPS) is 12.6. The van der Waals surface area contributed by atoms with E-state index in [1.807, 2.05) is 0 Å². The Kier molecular flexibility index (Phi) is 4.32. The first kappa shape index (κ1) is 14.7. The maximum Gasteiger partial charge on any atom is 0.306 e. The molecule has 0 fully saturated rings. The third-order valence-electron chi connectivity index (χ3n) is 2.88. The van der Waals surface area contributed by atoms with Gasteiger partial charge in [0, 0.05) is 12.1 Å². The molecule has 0 unspecified atom stereocenters. The van der Waals surface area contributed by atoms with Crippen molar-refractivity contribution in [1.82, 2.24) is 5.32 Å². The van der Waals surface area contributed by atoms with Gasteiger partial charge in [-0.3, -0.25) is 24.5 Å². The number of nitrogens with one attached hydrogen (secondary N) is 2. The molecule has 1 aromatic rings. The largest absolute Gasteiger partial charge is 0.466 e. The second-order valence-corrected chi connectivity index (χ2v) is 4.40. The van der Waals surface area contributed by atoms with Crippen molar-refractivity contribution in [1.29, 1.82) is 0 Å². The SMILES string of the molecule is CCOC(=O)CCC(=O)Nc1ccc2c(c1)C(=O)NC2=O. The number of esters is 1. The van der Waals surface area contributed by atoms with E-state index in [1.54, 1.807) is 6.92 Å². The molecular formula is C14H14N2O5. The summed E-state index contributed by atoms with van der Waals surface area (Å²) in [4.78, 5) is 45.7. The first-order valence-electron chi connectivity index (χ1n) is 6.46. The fourth-order valence-corrected chi connectivity index (χ4v) is 1.92. The van der Waals surface area contributed by atoms with Gasteiger partial charge in [0.1, 0.15) is 0 Å². The van der Waals surface area contributed by atoms with E-state index < -0.39 is 17.8 Å². The highest BCUT2D eigenvalue weighted by atomic mass is 16.5. The van der Waals surface area contributed by atoms with Crippen molar-refractivity contribution in [3.63, 3.8) is 0 Å². The highest BCUT2D eigenvalue weighted by Gasteiger charge is 2.26. The molecule has 1 aliphatic heterocycles. The van der Waals surface area contributed by atoms with Crippen LogP contribution in [0.5, 0.6) is 0 Å². The van der Waals surface area contributed by atoms with Crippen molar-refractivity contribution in [2.45, 2.75) is 19.8 Å². The Morgan fingerprint density at radius 3 is 2.57 bits per heavy atom. The third-order valence-corrected chi connectivity index (χ3v) is 2.88. The lowest BCUT2D eigenvalue weighted by Gasteiger charge is -2.06. The van der Waals surface area contributed by atoms with Gasteiger partial charge in [0.05, 0.1) is 24.2 Å². The van der Waals surface area contributed by atoms with Gasteiger partial charge in [0.15, 0.2) is 0 Å². The van der Waals surface area contributed by atoms with Crippen LogP contribution in [-0.2, 0) is 14.3 Å². The van der Waals surface area contributed by atoms with Crippen molar-refractivity contribution in [2.75, 3.05) is 11.9 Å². The molecule has 0 saturated heterocycles. The molecule has 1 aromatic carbocycles. The molecule has 2 rings (SSSR count). The maximum absolute atomic E-state index is 11.7. The number of benzene rings is 1. The molecule has 1 heterocycles. The number of hydrogen-bond donors (Lipinski definition) is 2. The Balaban J connectivity index is 1.96. The number of carbonyl (C=O) groups is 4. The van der Waals surface area contributed by atoms with Crippen molar-refractivity contribution in [2.24, 2.45) is 0 Å². The minimum atomic E-state index is -0.488. The van der Waals surface area contributed by atoms with Crippen molar-refractivity contribution < 1.29 is 23.9 Å². The zero-order chi connectivity index (χ0) is 15.4. The molecule has 3 amide bonds. The smallest absolute Gasteiger partial charge is 0.306 e. The van der Waals surface area contributed by atoms with E-state index in [0.717, 1.165) is 0 Å². The van der Waals surface area contributed by atoms with E-state index in [-0.39, 0.29) is 36.5 Å². The molecule has 0 saturated carbocycles. The van der Waals surface area contributed by atoms with E-state index in [2.05, 4.69) is 10.6 Å². The zero-order valence-corrected chi connectivity index (χ0v) is 11.4. The van der Waals surface area contributed by atoms with Crippen LogP contribution in [0, 0.1) is 0 Å². The molecule has 0 radical (unpaired) electrons. The summed E-state index contributed by atoms with van der Waals surface area (Å²) in [6.07, 6.45) is -0.0232. The number of rotatable bonds is 5. The molecule has 1 aliphatic rings. The lowest BCUT2D eigenvalue weighted by molar-refractivity contribution is -0.144. The summed E-state index contributed by atoms with van der Waals surface area (Å²) in [5, 5.41) is 4.73. The van der Waals surface area contributed by atoms with Crippen LogP contribution in [0.15, 0.2) is 18.2 Å². The van der Waals surface area contributed by atoms with E-state index in [9.17, 15) is 19.2 Å². The second-order valence-electron chi connectivity index (χ2n) is 4.40. The zero-order valence-electron chi connectivity index (χ0n) is 11.4. The molecule has 7 nitrogen and oxygen atoms in total. The fraction of sp³-hybridized carbons (Fsp3) is 0.286. The van der Waals surface area contributed by atoms with Crippen LogP contribution in [0.25, 0.3) is 0 Å². The molecule has 110 valence electrons. The van der Waals surface area contributed by atoms with E-state index >= 15 is 0 Å². The van der Waals surface area contributed by atoms with Crippen LogP contribution < -0.4 is 10.6 Å². The fourth-order valence-electron chi connectivity index (χ4n) is 1.92. The summed E-state index contributed by atoms with van der Waals surface area (Å²) >= 11 is 0. The average Bonchev–Trinajstić information content (AvgIpc) is 2.72. The van der Waals surface area contributed by atoms with Crippen LogP contribution >= 0.6 is 0 Å². The van der Waals surface area contributed by atoms with Gasteiger partial charge in [-0.2, -0.15) is 0 Å². The highest BCUT2D eigenvalue weighted by Crippen LogP contribution is 2.20. The number of anilines is 1. The van der Waals surface area contributed by atoms with Gasteiger partial charge < -0.3 is 10.1 Å². The van der Waals surface area contributed by atoms with E-state index in [1.165, 1.54) is 18.2 Å². The lowest BCUT2D eigenvalue weighted by Crippen LogP contribution is -2.19. The van der Waals surface area contributed by atoms with Gasteiger partial charge in [-0.1, -0.05) is 0 Å². The lowest BCUT2D eigenvalue weighted by atomic mass is 10.1. The van der Waals surface area contributed by atoms with Gasteiger partial charge in [0.25, 0.3) is 11.8 Å². The number of ether oxygens (including phenoxy) is 1. The monoisotopic (exact) mass is 290 g/mol. The third kappa shape index (κ3) is 3.44. The summed E-state index contributed by atoms with van der Waals surface area (Å²) in [5.74, 6) is -1.74. The molecule has 2 N–H and O–H groups in total. The summed E-state index contributed by atoms with van der Waals surface area (Å²) in [6.45, 7) is 1.96. The van der Waals surface area contributed by atoms with Crippen LogP contribution in [0.4, 0.5) is 5.69 Å². The number of fused-ring (bicyclic) bond motifs is 1. The Hall–Kier alpha value is -2.70. The number of carbonyl (C=O) groups excluding carboxylic acids is 4. The second kappa shape index (κ2) is 6.17. The molecule has 0 spiro atoms. The van der Waals surface area contributed by atoms with Crippen LogP contribution in [0.1, 0.15) is 40.5 Å². The van der Waals surface area contributed by atoms with Crippen molar-refractivity contribution in [3.8, 4) is 0 Å². The van der Waals surface area contributed by atoms with Gasteiger partial charge >= 0.3 is 5.97 Å². The predicted octanol–water partition coefficient (Wildman–Crippen LogP) is 0.852. The Labute approximate surface area is 120 Å². The standard InChI is InChI=1S/C14H14N2O5/c1-2-21-12(18)6-5-11(17)15-8-3-4-9-10(7-8)14(20)16-13(9)19/h3-4,7H,2,5-6H2,1H3,(H,15,17)(H,16,19,20). The number of imide groups is 1. The quantitative estimate of drug-likeness (QED) is 0.618. The van der Waals surface area contributed by atoms with E-state index in [4.69, 9.17) is 4.74 Å². The summed E-state index contributed by atoms with van der Waals surface area (Å²) in [7, 11) is 0. The Bertz CT molecular complexity index is 624. The van der Waals surface area contributed by atoms with Crippen LogP contribution in [0.2, 0.25) is 0 Å². The van der Waals surface area contributed by atoms with Gasteiger partial charge in [-0.15, -0.1) is 0 Å². The van der Waals surface area contributed by atoms with Crippen LogP contribution in [0.3, 0.4) is 0 Å². The summed E-state index contributed by atoms with van der Waals surface area (Å²) in [6, 6.07) is 4.42. The molecule has 0 aliphatic carbocycles. The molecular weight excluding hydrogens is 276 g/mol. The maximum atomic E-state index is 11.7. The molecule has 7 heteroatoms. The van der Waals surface area contributed by atoms with Gasteiger partial charge in [-0.25, -0.2) is 0 Å². The first-order valence-corrected chi connectivity index (χ1v) is 6.46. The Morgan fingerprint density at radius 1 is 1.14 bits per heavy atom. The molecule has 0 bridgehead atoms. The van der Waals surface area contributed by atoms with Crippen molar-refractivity contribution >= 4 is 29.4 Å². The Morgan fingerprint density at radius 2 is 1.86 bits per heavy atom. The summed E-state index contributed by atoms with van der Waals surface area (Å²) in [5.41, 5.74) is 0.903. The average molecular weight is 290 g/mol. The molecule has 0 aromatic heterocycles. The predicted molar refractivity (Wildman–Crippen MR) is 72.7 cm³/mol. The summed E-state index contributed by atoms with van der Waals surface area (Å²) < 4.78 is 4.72. The topological polar surface area (TPSA) is 102 Å². The minimum Gasteiger partial charge on any atom is -0.466 e. The van der Waals surface area contributed by atoms with Gasteiger partial charge in [0.2, 0.25) is 5.91 Å². The number of hydrogen-bond acceptors (Lipinski definition) is 5. The van der Waals surface area contributed by atoms with E-state index in [0.29, 0.717) is 5.69 Å². The molecule has 21 heavy (non-hydrogen) atoms. The first-order chi connectivity index (χ1) is 10.0. The number of amides is 3. The highest BCUT2D eigenvalue weighted by molar-refractivity contribution is 6.22.